The summed E-state index contributed by atoms with van der Waals surface area (Å²) >= 11 is 1.71. The summed E-state index contributed by atoms with van der Waals surface area (Å²) < 4.78 is 3.43. The third-order valence-corrected chi connectivity index (χ3v) is 5.05. The predicted molar refractivity (Wildman–Crippen MR) is 101 cm³/mol. The molecule has 8 heteroatoms. The summed E-state index contributed by atoms with van der Waals surface area (Å²) in [6.45, 7) is 5.76. The zero-order valence-electron chi connectivity index (χ0n) is 14.7. The Balaban J connectivity index is 1.48. The molecule has 0 atom stereocenters. The SMILES string of the molecule is CCNC(=NCc1cccs1)NCCCn1nc2n(c1=O)CCCC2. The van der Waals surface area contributed by atoms with Crippen molar-refractivity contribution < 1.29 is 0 Å². The second-order valence-corrected chi connectivity index (χ2v) is 7.12. The first-order valence-corrected chi connectivity index (χ1v) is 9.87. The average Bonchev–Trinajstić information content (AvgIpc) is 3.25. The molecule has 0 saturated carbocycles. The first-order chi connectivity index (χ1) is 12.3. The van der Waals surface area contributed by atoms with Crippen LogP contribution in [0, 0.1) is 0 Å². The van der Waals surface area contributed by atoms with E-state index in [4.69, 9.17) is 0 Å². The lowest BCUT2D eigenvalue weighted by Gasteiger charge is -2.10. The fraction of sp³-hybridized carbons (Fsp3) is 0.588. The Bertz CT molecular complexity index is 746. The van der Waals surface area contributed by atoms with Gasteiger partial charge in [-0.05, 0) is 37.6 Å². The van der Waals surface area contributed by atoms with Crippen molar-refractivity contribution in [1.29, 1.82) is 0 Å². The number of nitrogens with zero attached hydrogens (tertiary/aromatic N) is 4. The van der Waals surface area contributed by atoms with Crippen LogP contribution in [0.5, 0.6) is 0 Å². The van der Waals surface area contributed by atoms with Crippen LogP contribution in [0.25, 0.3) is 0 Å². The molecule has 0 unspecified atom stereocenters. The van der Waals surface area contributed by atoms with Gasteiger partial charge in [0.25, 0.3) is 0 Å². The van der Waals surface area contributed by atoms with Crippen LogP contribution in [0.1, 0.15) is 36.9 Å². The minimum Gasteiger partial charge on any atom is -0.357 e. The molecule has 7 nitrogen and oxygen atoms in total. The van der Waals surface area contributed by atoms with Gasteiger partial charge in [0, 0.05) is 37.5 Å². The second kappa shape index (κ2) is 8.84. The summed E-state index contributed by atoms with van der Waals surface area (Å²) in [7, 11) is 0. The highest BCUT2D eigenvalue weighted by Gasteiger charge is 2.16. The highest BCUT2D eigenvalue weighted by molar-refractivity contribution is 7.09. The Morgan fingerprint density at radius 1 is 1.40 bits per heavy atom. The normalized spacial score (nSPS) is 14.4. The fourth-order valence-electron chi connectivity index (χ4n) is 2.93. The monoisotopic (exact) mass is 362 g/mol. The van der Waals surface area contributed by atoms with E-state index >= 15 is 0 Å². The number of guanidine groups is 1. The minimum atomic E-state index is 0.0352. The molecule has 1 aliphatic rings. The molecule has 0 bridgehead atoms. The maximum Gasteiger partial charge on any atom is 0.345 e. The number of nitrogens with one attached hydrogen (secondary N) is 2. The molecule has 0 fully saturated rings. The molecule has 3 rings (SSSR count). The van der Waals surface area contributed by atoms with Crippen LogP contribution >= 0.6 is 11.3 Å². The van der Waals surface area contributed by atoms with E-state index in [9.17, 15) is 4.79 Å². The first kappa shape index (κ1) is 17.7. The third-order valence-electron chi connectivity index (χ3n) is 4.19. The van der Waals surface area contributed by atoms with Crippen LogP contribution in [0.15, 0.2) is 27.3 Å². The van der Waals surface area contributed by atoms with Gasteiger partial charge in [-0.25, -0.2) is 14.5 Å². The Kier molecular flexibility index (Phi) is 6.27. The van der Waals surface area contributed by atoms with Crippen molar-refractivity contribution in [2.75, 3.05) is 13.1 Å². The van der Waals surface area contributed by atoms with E-state index in [1.807, 2.05) is 10.6 Å². The van der Waals surface area contributed by atoms with Gasteiger partial charge in [-0.1, -0.05) is 6.07 Å². The molecule has 136 valence electrons. The van der Waals surface area contributed by atoms with Crippen molar-refractivity contribution in [3.05, 3.63) is 38.7 Å². The van der Waals surface area contributed by atoms with Crippen molar-refractivity contribution in [3.63, 3.8) is 0 Å². The van der Waals surface area contributed by atoms with Crippen LogP contribution < -0.4 is 16.3 Å². The van der Waals surface area contributed by atoms with Crippen molar-refractivity contribution >= 4 is 17.3 Å². The van der Waals surface area contributed by atoms with Crippen LogP contribution in [0.2, 0.25) is 0 Å². The minimum absolute atomic E-state index is 0.0352. The van der Waals surface area contributed by atoms with E-state index in [0.717, 1.165) is 57.1 Å². The van der Waals surface area contributed by atoms with E-state index < -0.39 is 0 Å². The smallest absolute Gasteiger partial charge is 0.345 e. The highest BCUT2D eigenvalue weighted by atomic mass is 32.1. The molecule has 3 heterocycles. The Labute approximate surface area is 151 Å². The molecule has 25 heavy (non-hydrogen) atoms. The van der Waals surface area contributed by atoms with E-state index in [0.29, 0.717) is 13.1 Å². The quantitative estimate of drug-likeness (QED) is 0.445. The topological polar surface area (TPSA) is 76.2 Å². The molecule has 0 spiro atoms. The summed E-state index contributed by atoms with van der Waals surface area (Å²) in [5.74, 6) is 1.75. The number of fused-ring (bicyclic) bond motifs is 1. The number of rotatable bonds is 7. The lowest BCUT2D eigenvalue weighted by Crippen LogP contribution is -2.38. The van der Waals surface area contributed by atoms with Crippen molar-refractivity contribution in [2.24, 2.45) is 4.99 Å². The maximum atomic E-state index is 12.3. The summed E-state index contributed by atoms with van der Waals surface area (Å²) in [6.07, 6.45) is 3.96. The van der Waals surface area contributed by atoms with Gasteiger partial charge in [0.2, 0.25) is 0 Å². The van der Waals surface area contributed by atoms with Gasteiger partial charge >= 0.3 is 5.69 Å². The van der Waals surface area contributed by atoms with E-state index in [2.05, 4.69) is 39.1 Å². The van der Waals surface area contributed by atoms with Crippen LogP contribution in [0.4, 0.5) is 0 Å². The molecule has 0 radical (unpaired) electrons. The number of hydrogen-bond donors (Lipinski definition) is 2. The molecule has 0 amide bonds. The predicted octanol–water partition coefficient (Wildman–Crippen LogP) is 1.59. The Morgan fingerprint density at radius 3 is 3.08 bits per heavy atom. The number of aliphatic imine (C=N–C) groups is 1. The number of hydrogen-bond acceptors (Lipinski definition) is 4. The van der Waals surface area contributed by atoms with Crippen LogP contribution in [0.3, 0.4) is 0 Å². The lowest BCUT2D eigenvalue weighted by molar-refractivity contribution is 0.509. The largest absolute Gasteiger partial charge is 0.357 e. The number of aryl methyl sites for hydroxylation is 2. The fourth-order valence-corrected chi connectivity index (χ4v) is 3.56. The van der Waals surface area contributed by atoms with Gasteiger partial charge in [-0.2, -0.15) is 5.10 Å². The first-order valence-electron chi connectivity index (χ1n) is 8.99. The third kappa shape index (κ3) is 4.72. The Hall–Kier alpha value is -2.09. The van der Waals surface area contributed by atoms with Gasteiger partial charge in [0.1, 0.15) is 5.82 Å². The molecule has 0 saturated heterocycles. The van der Waals surface area contributed by atoms with Crippen LogP contribution in [-0.2, 0) is 26.1 Å². The zero-order chi connectivity index (χ0) is 17.5. The van der Waals surface area contributed by atoms with Gasteiger partial charge in [-0.3, -0.25) is 4.57 Å². The lowest BCUT2D eigenvalue weighted by atomic mass is 10.2. The average molecular weight is 363 g/mol. The van der Waals surface area contributed by atoms with E-state index in [1.54, 1.807) is 16.0 Å². The van der Waals surface area contributed by atoms with E-state index in [1.165, 1.54) is 4.88 Å². The van der Waals surface area contributed by atoms with E-state index in [-0.39, 0.29) is 5.69 Å². The zero-order valence-corrected chi connectivity index (χ0v) is 15.5. The van der Waals surface area contributed by atoms with Crippen molar-refractivity contribution in [1.82, 2.24) is 25.0 Å². The van der Waals surface area contributed by atoms with Gasteiger partial charge in [0.15, 0.2) is 5.96 Å². The molecule has 0 aliphatic carbocycles. The number of thiophene rings is 1. The van der Waals surface area contributed by atoms with Gasteiger partial charge in [-0.15, -0.1) is 11.3 Å². The Morgan fingerprint density at radius 2 is 2.32 bits per heavy atom. The summed E-state index contributed by atoms with van der Waals surface area (Å²) in [5, 5.41) is 13.1. The van der Waals surface area contributed by atoms with Crippen molar-refractivity contribution in [2.45, 2.75) is 52.2 Å². The summed E-state index contributed by atoms with van der Waals surface area (Å²) in [5.41, 5.74) is 0.0352. The molecule has 2 aromatic rings. The molecule has 2 aromatic heterocycles. The van der Waals surface area contributed by atoms with Gasteiger partial charge in [0.05, 0.1) is 6.54 Å². The maximum absolute atomic E-state index is 12.3. The van der Waals surface area contributed by atoms with Crippen LogP contribution in [-0.4, -0.2) is 33.4 Å². The molecule has 0 aromatic carbocycles. The molecule has 2 N–H and O–H groups in total. The van der Waals surface area contributed by atoms with Gasteiger partial charge < -0.3 is 10.6 Å². The molecular weight excluding hydrogens is 336 g/mol. The molecule has 1 aliphatic heterocycles. The second-order valence-electron chi connectivity index (χ2n) is 6.09. The highest BCUT2D eigenvalue weighted by Crippen LogP contribution is 2.10. The number of aromatic nitrogens is 3. The molecular formula is C17H26N6OS. The summed E-state index contributed by atoms with van der Waals surface area (Å²) in [6, 6.07) is 4.13. The standard InChI is InChI=1S/C17H26N6OS/c1-2-18-16(20-13-14-7-5-12-25-14)19-9-6-11-23-17(24)22-10-4-3-8-15(22)21-23/h5,7,12H,2-4,6,8-11,13H2,1H3,(H2,18,19,20). The summed E-state index contributed by atoms with van der Waals surface area (Å²) in [4.78, 5) is 18.1. The van der Waals surface area contributed by atoms with Crippen molar-refractivity contribution in [3.8, 4) is 0 Å².